The summed E-state index contributed by atoms with van der Waals surface area (Å²) in [4.78, 5) is 16.7. The molecule has 1 heterocycles. The molecule has 0 atom stereocenters. The first kappa shape index (κ1) is 18.6. The number of halogens is 2. The molecule has 1 aliphatic carbocycles. The molecule has 3 N–H and O–H groups in total. The van der Waals surface area contributed by atoms with Crippen LogP contribution in [0.25, 0.3) is 0 Å². The highest BCUT2D eigenvalue weighted by Gasteiger charge is 2.28. The average Bonchev–Trinajstić information content (AvgIpc) is 2.74. The number of nitrogens with two attached hydrogens (primary N) is 1. The highest BCUT2D eigenvalue weighted by Crippen LogP contribution is 2.25. The number of hydrogen-bond acceptors (Lipinski definition) is 4. The van der Waals surface area contributed by atoms with Crippen molar-refractivity contribution in [3.8, 4) is 0 Å². The molecule has 1 saturated carbocycles. The summed E-state index contributed by atoms with van der Waals surface area (Å²) in [6, 6.07) is 0. The molecular weight excluding hydrogens is 305 g/mol. The van der Waals surface area contributed by atoms with E-state index in [9.17, 15) is 4.79 Å². The first-order valence-electron chi connectivity index (χ1n) is 6.08. The van der Waals surface area contributed by atoms with Gasteiger partial charge in [0.05, 0.1) is 11.2 Å². The molecule has 1 aromatic rings. The largest absolute Gasteiger partial charge is 0.349 e. The summed E-state index contributed by atoms with van der Waals surface area (Å²) in [6.45, 7) is 2.42. The fraction of sp³-hybridized carbons (Fsp3) is 0.667. The molecule has 0 unspecified atom stereocenters. The van der Waals surface area contributed by atoms with Crippen LogP contribution in [0.4, 0.5) is 0 Å². The van der Waals surface area contributed by atoms with Crippen LogP contribution in [0.15, 0.2) is 5.51 Å². The van der Waals surface area contributed by atoms with Crippen LogP contribution in [0.3, 0.4) is 0 Å². The molecule has 0 bridgehead atoms. The molecular formula is C12H21Cl2N3OS. The molecule has 0 radical (unpaired) electrons. The van der Waals surface area contributed by atoms with E-state index in [1.54, 1.807) is 5.51 Å². The van der Waals surface area contributed by atoms with Crippen LogP contribution in [-0.2, 0) is 0 Å². The Labute approximate surface area is 130 Å². The standard InChI is InChI=1S/C12H19N3OS.2ClH/c1-9-10(17-8-15-9)11(16)14-7-12(13)5-3-2-4-6-12;;/h8H,2-7,13H2,1H3,(H,14,16);2*1H. The van der Waals surface area contributed by atoms with E-state index < -0.39 is 0 Å². The van der Waals surface area contributed by atoms with Gasteiger partial charge in [-0.05, 0) is 19.8 Å². The van der Waals surface area contributed by atoms with E-state index in [0.717, 1.165) is 18.5 Å². The second-order valence-corrected chi connectivity index (χ2v) is 5.73. The normalized spacial score (nSPS) is 16.9. The molecule has 1 fully saturated rings. The van der Waals surface area contributed by atoms with Crippen LogP contribution in [0, 0.1) is 6.92 Å². The van der Waals surface area contributed by atoms with E-state index in [2.05, 4.69) is 10.3 Å². The number of amides is 1. The predicted octanol–water partition coefficient (Wildman–Crippen LogP) is 2.69. The van der Waals surface area contributed by atoms with Crippen molar-refractivity contribution in [3.05, 3.63) is 16.1 Å². The number of carbonyl (C=O) groups excluding carboxylic acids is 1. The van der Waals surface area contributed by atoms with E-state index in [0.29, 0.717) is 11.4 Å². The number of aromatic nitrogens is 1. The Morgan fingerprint density at radius 2 is 2.05 bits per heavy atom. The predicted molar refractivity (Wildman–Crippen MR) is 83.7 cm³/mol. The number of rotatable bonds is 3. The lowest BCUT2D eigenvalue weighted by Crippen LogP contribution is -2.51. The van der Waals surface area contributed by atoms with Crippen LogP contribution in [-0.4, -0.2) is 23.0 Å². The SMILES string of the molecule is Cc1ncsc1C(=O)NCC1(N)CCCCC1.Cl.Cl. The number of nitrogens with zero attached hydrogens (tertiary/aromatic N) is 1. The monoisotopic (exact) mass is 325 g/mol. The second-order valence-electron chi connectivity index (χ2n) is 4.87. The summed E-state index contributed by atoms with van der Waals surface area (Å²) in [5.74, 6) is -0.0413. The van der Waals surface area contributed by atoms with Gasteiger partial charge in [0.15, 0.2) is 0 Å². The van der Waals surface area contributed by atoms with Crippen molar-refractivity contribution in [1.82, 2.24) is 10.3 Å². The maximum absolute atomic E-state index is 11.9. The number of nitrogens with one attached hydrogen (secondary N) is 1. The topological polar surface area (TPSA) is 68.0 Å². The van der Waals surface area contributed by atoms with Gasteiger partial charge in [0.1, 0.15) is 4.88 Å². The van der Waals surface area contributed by atoms with Crippen molar-refractivity contribution in [3.63, 3.8) is 0 Å². The van der Waals surface area contributed by atoms with Crippen molar-refractivity contribution in [2.75, 3.05) is 6.54 Å². The summed E-state index contributed by atoms with van der Waals surface area (Å²) in [5.41, 5.74) is 8.56. The Morgan fingerprint density at radius 1 is 1.42 bits per heavy atom. The maximum Gasteiger partial charge on any atom is 0.263 e. The minimum Gasteiger partial charge on any atom is -0.349 e. The summed E-state index contributed by atoms with van der Waals surface area (Å²) in [6.07, 6.45) is 5.63. The molecule has 1 aliphatic rings. The van der Waals surface area contributed by atoms with Gasteiger partial charge in [-0.15, -0.1) is 36.2 Å². The average molecular weight is 326 g/mol. The zero-order valence-electron chi connectivity index (χ0n) is 11.0. The van der Waals surface area contributed by atoms with E-state index in [-0.39, 0.29) is 36.3 Å². The second kappa shape index (κ2) is 8.04. The number of hydrogen-bond donors (Lipinski definition) is 2. The molecule has 0 spiro atoms. The highest BCUT2D eigenvalue weighted by atomic mass is 35.5. The molecule has 19 heavy (non-hydrogen) atoms. The Balaban J connectivity index is 0.00000162. The van der Waals surface area contributed by atoms with E-state index in [4.69, 9.17) is 5.73 Å². The third kappa shape index (κ3) is 4.91. The van der Waals surface area contributed by atoms with Crippen molar-refractivity contribution >= 4 is 42.1 Å². The van der Waals surface area contributed by atoms with Crippen LogP contribution in [0.1, 0.15) is 47.5 Å². The zero-order valence-corrected chi connectivity index (χ0v) is 13.4. The first-order valence-corrected chi connectivity index (χ1v) is 6.96. The van der Waals surface area contributed by atoms with Gasteiger partial charge in [0.2, 0.25) is 0 Å². The molecule has 0 aliphatic heterocycles. The highest BCUT2D eigenvalue weighted by molar-refractivity contribution is 7.11. The molecule has 0 saturated heterocycles. The fourth-order valence-corrected chi connectivity index (χ4v) is 3.01. The third-order valence-electron chi connectivity index (χ3n) is 3.40. The molecule has 1 aromatic heterocycles. The van der Waals surface area contributed by atoms with Gasteiger partial charge in [0, 0.05) is 12.1 Å². The van der Waals surface area contributed by atoms with Crippen molar-refractivity contribution in [2.45, 2.75) is 44.6 Å². The van der Waals surface area contributed by atoms with E-state index >= 15 is 0 Å². The summed E-state index contributed by atoms with van der Waals surface area (Å²) in [5, 5.41) is 2.94. The van der Waals surface area contributed by atoms with Crippen molar-refractivity contribution < 1.29 is 4.79 Å². The van der Waals surface area contributed by atoms with Crippen LogP contribution < -0.4 is 11.1 Å². The van der Waals surface area contributed by atoms with Gasteiger partial charge < -0.3 is 11.1 Å². The van der Waals surface area contributed by atoms with Gasteiger partial charge in [-0.3, -0.25) is 4.79 Å². The van der Waals surface area contributed by atoms with Crippen molar-refractivity contribution in [1.29, 1.82) is 0 Å². The smallest absolute Gasteiger partial charge is 0.263 e. The lowest BCUT2D eigenvalue weighted by molar-refractivity contribution is 0.0941. The minimum atomic E-state index is -0.202. The van der Waals surface area contributed by atoms with E-state index in [1.165, 1.54) is 30.6 Å². The quantitative estimate of drug-likeness (QED) is 0.897. The Morgan fingerprint density at radius 3 is 2.58 bits per heavy atom. The van der Waals surface area contributed by atoms with Gasteiger partial charge in [-0.1, -0.05) is 19.3 Å². The molecule has 4 nitrogen and oxygen atoms in total. The van der Waals surface area contributed by atoms with Crippen LogP contribution in [0.2, 0.25) is 0 Å². The van der Waals surface area contributed by atoms with Crippen LogP contribution in [0.5, 0.6) is 0 Å². The van der Waals surface area contributed by atoms with Crippen LogP contribution >= 0.6 is 36.2 Å². The van der Waals surface area contributed by atoms with E-state index in [1.807, 2.05) is 6.92 Å². The Hall–Kier alpha value is -0.360. The number of aryl methyl sites for hydroxylation is 1. The van der Waals surface area contributed by atoms with Gasteiger partial charge >= 0.3 is 0 Å². The minimum absolute atomic E-state index is 0. The third-order valence-corrected chi connectivity index (χ3v) is 4.33. The number of thiazole rings is 1. The summed E-state index contributed by atoms with van der Waals surface area (Å²) in [7, 11) is 0. The molecule has 7 heteroatoms. The lowest BCUT2D eigenvalue weighted by atomic mass is 9.82. The van der Waals surface area contributed by atoms with Gasteiger partial charge in [-0.2, -0.15) is 0 Å². The molecule has 110 valence electrons. The zero-order chi connectivity index (χ0) is 12.3. The van der Waals surface area contributed by atoms with Gasteiger partial charge in [0.25, 0.3) is 5.91 Å². The first-order chi connectivity index (χ1) is 8.11. The number of carbonyl (C=O) groups is 1. The maximum atomic E-state index is 11.9. The van der Waals surface area contributed by atoms with Gasteiger partial charge in [-0.25, -0.2) is 4.98 Å². The summed E-state index contributed by atoms with van der Waals surface area (Å²) < 4.78 is 0. The molecule has 2 rings (SSSR count). The molecule has 1 amide bonds. The Kier molecular flexibility index (Phi) is 7.89. The summed E-state index contributed by atoms with van der Waals surface area (Å²) >= 11 is 1.38. The van der Waals surface area contributed by atoms with Crippen molar-refractivity contribution in [2.24, 2.45) is 5.73 Å². The Bertz CT molecular complexity index is 405. The fourth-order valence-electron chi connectivity index (χ4n) is 2.29. The lowest BCUT2D eigenvalue weighted by Gasteiger charge is -2.33. The molecule has 0 aromatic carbocycles.